The van der Waals surface area contributed by atoms with Crippen LogP contribution in [0, 0.1) is 17.5 Å². The van der Waals surface area contributed by atoms with Crippen LogP contribution in [0.15, 0.2) is 18.5 Å². The number of fused-ring (bicyclic) bond motifs is 1. The molecule has 2 aromatic heterocycles. The molecule has 3 aromatic rings. The molecule has 0 atom stereocenters. The lowest BCUT2D eigenvalue weighted by Crippen LogP contribution is -2.05. The SMILES string of the molecule is Fc1cc(F)c(-c2c(Cl)nc3ncnn3c2CBr)c(F)c1. The van der Waals surface area contributed by atoms with Crippen molar-refractivity contribution in [3.8, 4) is 11.1 Å². The van der Waals surface area contributed by atoms with Gasteiger partial charge in [0, 0.05) is 23.0 Å². The van der Waals surface area contributed by atoms with Gasteiger partial charge in [-0.2, -0.15) is 19.6 Å². The Balaban J connectivity index is 2.42. The molecule has 0 spiro atoms. The van der Waals surface area contributed by atoms with Crippen molar-refractivity contribution >= 4 is 33.3 Å². The third-order valence-electron chi connectivity index (χ3n) is 2.86. The standard InChI is InChI=1S/C12H5BrClF3N4/c13-3-8-10(9-6(16)1-5(15)2-7(9)17)11(14)20-12-18-4-19-21(8)12/h1-2,4H,3H2. The molecule has 0 unspecified atom stereocenters. The molecule has 0 fully saturated rings. The fourth-order valence-electron chi connectivity index (χ4n) is 2.02. The molecule has 0 aliphatic rings. The van der Waals surface area contributed by atoms with E-state index in [4.69, 9.17) is 11.6 Å². The van der Waals surface area contributed by atoms with Gasteiger partial charge in [0.15, 0.2) is 0 Å². The fraction of sp³-hybridized carbons (Fsp3) is 0.0833. The third kappa shape index (κ3) is 2.28. The Morgan fingerprint density at radius 2 is 1.81 bits per heavy atom. The highest BCUT2D eigenvalue weighted by Gasteiger charge is 2.23. The topological polar surface area (TPSA) is 43.1 Å². The lowest BCUT2D eigenvalue weighted by atomic mass is 10.0. The minimum Gasteiger partial charge on any atom is -0.207 e. The molecule has 0 bridgehead atoms. The maximum Gasteiger partial charge on any atom is 0.253 e. The molecule has 21 heavy (non-hydrogen) atoms. The molecular weight excluding hydrogens is 373 g/mol. The molecule has 0 aliphatic carbocycles. The second kappa shape index (κ2) is 5.27. The first-order chi connectivity index (χ1) is 10.0. The van der Waals surface area contributed by atoms with E-state index in [2.05, 4.69) is 31.0 Å². The van der Waals surface area contributed by atoms with Gasteiger partial charge in [-0.3, -0.25) is 0 Å². The molecular formula is C12H5BrClF3N4. The van der Waals surface area contributed by atoms with Gasteiger partial charge < -0.3 is 0 Å². The number of hydrogen-bond donors (Lipinski definition) is 0. The first-order valence-electron chi connectivity index (χ1n) is 5.62. The predicted molar refractivity (Wildman–Crippen MR) is 73.7 cm³/mol. The van der Waals surface area contributed by atoms with Crippen LogP contribution in [0.2, 0.25) is 5.15 Å². The number of aromatic nitrogens is 4. The fourth-order valence-corrected chi connectivity index (χ4v) is 2.82. The minimum atomic E-state index is -1.07. The molecule has 3 rings (SSSR count). The van der Waals surface area contributed by atoms with Gasteiger partial charge in [-0.1, -0.05) is 27.5 Å². The summed E-state index contributed by atoms with van der Waals surface area (Å²) in [6.07, 6.45) is 1.24. The average Bonchev–Trinajstić information content (AvgIpc) is 2.85. The van der Waals surface area contributed by atoms with E-state index < -0.39 is 23.0 Å². The first kappa shape index (κ1) is 14.3. The van der Waals surface area contributed by atoms with Gasteiger partial charge in [0.2, 0.25) is 0 Å². The second-order valence-electron chi connectivity index (χ2n) is 4.07. The zero-order valence-electron chi connectivity index (χ0n) is 10.1. The van der Waals surface area contributed by atoms with Gasteiger partial charge in [-0.25, -0.2) is 13.2 Å². The van der Waals surface area contributed by atoms with Crippen LogP contribution in [0.3, 0.4) is 0 Å². The molecule has 0 N–H and O–H groups in total. The van der Waals surface area contributed by atoms with Crippen LogP contribution < -0.4 is 0 Å². The Labute approximate surface area is 129 Å². The monoisotopic (exact) mass is 376 g/mol. The summed E-state index contributed by atoms with van der Waals surface area (Å²) in [5.74, 6) is -2.96. The lowest BCUT2D eigenvalue weighted by Gasteiger charge is -2.12. The van der Waals surface area contributed by atoms with E-state index in [1.54, 1.807) is 0 Å². The van der Waals surface area contributed by atoms with Crippen molar-refractivity contribution in [2.75, 3.05) is 0 Å². The Hall–Kier alpha value is -1.67. The van der Waals surface area contributed by atoms with E-state index in [1.807, 2.05) is 0 Å². The largest absolute Gasteiger partial charge is 0.253 e. The lowest BCUT2D eigenvalue weighted by molar-refractivity contribution is 0.547. The van der Waals surface area contributed by atoms with Crippen LogP contribution in [-0.2, 0) is 5.33 Å². The van der Waals surface area contributed by atoms with Crippen LogP contribution in [0.5, 0.6) is 0 Å². The van der Waals surface area contributed by atoms with Gasteiger partial charge in [0.25, 0.3) is 5.78 Å². The van der Waals surface area contributed by atoms with Crippen molar-refractivity contribution in [1.82, 2.24) is 19.6 Å². The summed E-state index contributed by atoms with van der Waals surface area (Å²) in [5, 5.41) is 3.98. The molecule has 0 amide bonds. The summed E-state index contributed by atoms with van der Waals surface area (Å²) in [7, 11) is 0. The number of rotatable bonds is 2. The average molecular weight is 378 g/mol. The Kier molecular flexibility index (Phi) is 3.58. The van der Waals surface area contributed by atoms with Gasteiger partial charge in [0.05, 0.1) is 11.3 Å². The minimum absolute atomic E-state index is 0.00143. The third-order valence-corrected chi connectivity index (χ3v) is 3.67. The van der Waals surface area contributed by atoms with E-state index in [0.29, 0.717) is 17.8 Å². The highest BCUT2D eigenvalue weighted by Crippen LogP contribution is 2.35. The van der Waals surface area contributed by atoms with E-state index in [1.165, 1.54) is 10.8 Å². The Morgan fingerprint density at radius 1 is 1.14 bits per heavy atom. The normalized spacial score (nSPS) is 11.3. The van der Waals surface area contributed by atoms with Crippen molar-refractivity contribution in [3.63, 3.8) is 0 Å². The summed E-state index contributed by atoms with van der Waals surface area (Å²) < 4.78 is 42.3. The molecule has 0 saturated heterocycles. The molecule has 4 nitrogen and oxygen atoms in total. The van der Waals surface area contributed by atoms with Gasteiger partial charge >= 0.3 is 0 Å². The highest BCUT2D eigenvalue weighted by atomic mass is 79.9. The molecule has 0 radical (unpaired) electrons. The van der Waals surface area contributed by atoms with Gasteiger partial charge in [-0.15, -0.1) is 0 Å². The van der Waals surface area contributed by atoms with Crippen molar-refractivity contribution in [1.29, 1.82) is 0 Å². The first-order valence-corrected chi connectivity index (χ1v) is 7.12. The number of benzene rings is 1. The molecule has 0 saturated carbocycles. The Morgan fingerprint density at radius 3 is 2.43 bits per heavy atom. The summed E-state index contributed by atoms with van der Waals surface area (Å²) in [6, 6.07) is 1.16. The van der Waals surface area contributed by atoms with Crippen LogP contribution >= 0.6 is 27.5 Å². The van der Waals surface area contributed by atoms with E-state index in [0.717, 1.165) is 0 Å². The second-order valence-corrected chi connectivity index (χ2v) is 4.99. The molecule has 108 valence electrons. The maximum absolute atomic E-state index is 14.0. The highest BCUT2D eigenvalue weighted by molar-refractivity contribution is 9.08. The number of alkyl halides is 1. The summed E-state index contributed by atoms with van der Waals surface area (Å²) >= 11 is 9.24. The Bertz CT molecular complexity index is 829. The zero-order valence-corrected chi connectivity index (χ0v) is 12.5. The number of hydrogen-bond acceptors (Lipinski definition) is 3. The molecule has 0 aliphatic heterocycles. The predicted octanol–water partition coefficient (Wildman–Crippen LogP) is 3.76. The van der Waals surface area contributed by atoms with Gasteiger partial charge in [0.1, 0.15) is 28.9 Å². The molecule has 2 heterocycles. The van der Waals surface area contributed by atoms with Crippen LogP contribution in [0.25, 0.3) is 16.9 Å². The van der Waals surface area contributed by atoms with Gasteiger partial charge in [-0.05, 0) is 0 Å². The zero-order chi connectivity index (χ0) is 15.1. The van der Waals surface area contributed by atoms with Crippen molar-refractivity contribution in [2.45, 2.75) is 5.33 Å². The molecule has 9 heteroatoms. The van der Waals surface area contributed by atoms with Crippen molar-refractivity contribution in [3.05, 3.63) is 46.8 Å². The maximum atomic E-state index is 14.0. The van der Waals surface area contributed by atoms with Crippen LogP contribution in [0.4, 0.5) is 13.2 Å². The van der Waals surface area contributed by atoms with Crippen LogP contribution in [0.1, 0.15) is 5.69 Å². The summed E-state index contributed by atoms with van der Waals surface area (Å²) in [6.45, 7) is 0. The van der Waals surface area contributed by atoms with Crippen LogP contribution in [-0.4, -0.2) is 19.6 Å². The number of halogens is 5. The van der Waals surface area contributed by atoms with Crippen molar-refractivity contribution < 1.29 is 13.2 Å². The summed E-state index contributed by atoms with van der Waals surface area (Å²) in [4.78, 5) is 7.80. The van der Waals surface area contributed by atoms with E-state index >= 15 is 0 Å². The van der Waals surface area contributed by atoms with Crippen molar-refractivity contribution in [2.24, 2.45) is 0 Å². The quantitative estimate of drug-likeness (QED) is 0.504. The number of nitrogens with zero attached hydrogens (tertiary/aromatic N) is 4. The summed E-state index contributed by atoms with van der Waals surface area (Å²) in [5.41, 5.74) is -0.103. The van der Waals surface area contributed by atoms with E-state index in [9.17, 15) is 13.2 Å². The smallest absolute Gasteiger partial charge is 0.207 e. The van der Waals surface area contributed by atoms with E-state index in [-0.39, 0.29) is 21.8 Å². The molecule has 1 aromatic carbocycles.